The van der Waals surface area contributed by atoms with Crippen LogP contribution in [0.15, 0.2) is 6.20 Å². The smallest absolute Gasteiger partial charge is 0.469 e. The predicted molar refractivity (Wildman–Crippen MR) is 64.3 cm³/mol. The molecule has 10 heteroatoms. The van der Waals surface area contributed by atoms with E-state index in [1.807, 2.05) is 0 Å². The molecule has 1 aromatic rings. The van der Waals surface area contributed by atoms with E-state index < -0.39 is 40.1 Å². The zero-order chi connectivity index (χ0) is 15.5. The Morgan fingerprint density at radius 3 is 2.50 bits per heavy atom. The van der Waals surface area contributed by atoms with Crippen molar-refractivity contribution in [3.63, 3.8) is 0 Å². The van der Waals surface area contributed by atoms with Gasteiger partial charge < -0.3 is 9.47 Å². The summed E-state index contributed by atoms with van der Waals surface area (Å²) in [4.78, 5) is 14.5. The number of aromatic nitrogens is 1. The molecule has 4 nitrogen and oxygen atoms in total. The van der Waals surface area contributed by atoms with Crippen LogP contribution in [-0.2, 0) is 16.0 Å². The summed E-state index contributed by atoms with van der Waals surface area (Å²) in [6, 6.07) is 0. The lowest BCUT2D eigenvalue weighted by molar-refractivity contribution is -0.275. The zero-order valence-electron chi connectivity index (χ0n) is 9.80. The molecule has 20 heavy (non-hydrogen) atoms. The summed E-state index contributed by atoms with van der Waals surface area (Å²) >= 11 is 1.28. The fourth-order valence-corrected chi connectivity index (χ4v) is 2.09. The minimum atomic E-state index is -5.02. The van der Waals surface area contributed by atoms with Crippen LogP contribution in [0.25, 0.3) is 0 Å². The number of alkyl halides is 5. The van der Waals surface area contributed by atoms with Gasteiger partial charge in [-0.05, 0) is 22.6 Å². The number of esters is 1. The molecular formula is C10H7F5INO3. The van der Waals surface area contributed by atoms with Crippen LogP contribution >= 0.6 is 22.6 Å². The fourth-order valence-electron chi connectivity index (χ4n) is 1.29. The van der Waals surface area contributed by atoms with Crippen LogP contribution in [0.2, 0.25) is 0 Å². The van der Waals surface area contributed by atoms with Crippen LogP contribution in [-0.4, -0.2) is 24.4 Å². The highest BCUT2D eigenvalue weighted by Gasteiger charge is 2.34. The molecule has 0 fully saturated rings. The third kappa shape index (κ3) is 4.42. The van der Waals surface area contributed by atoms with Gasteiger partial charge in [0, 0.05) is 0 Å². The van der Waals surface area contributed by atoms with Crippen molar-refractivity contribution >= 4 is 28.6 Å². The summed E-state index contributed by atoms with van der Waals surface area (Å²) in [5.41, 5.74) is -1.14. The molecule has 0 amide bonds. The molecule has 0 aliphatic carbocycles. The monoisotopic (exact) mass is 411 g/mol. The van der Waals surface area contributed by atoms with Gasteiger partial charge in [0.25, 0.3) is 6.43 Å². The van der Waals surface area contributed by atoms with Gasteiger partial charge in [-0.3, -0.25) is 9.78 Å². The van der Waals surface area contributed by atoms with Crippen molar-refractivity contribution in [2.75, 3.05) is 7.11 Å². The Hall–Kier alpha value is -1.20. The van der Waals surface area contributed by atoms with Crippen molar-refractivity contribution in [1.82, 2.24) is 4.98 Å². The van der Waals surface area contributed by atoms with Crippen LogP contribution in [0.4, 0.5) is 22.0 Å². The van der Waals surface area contributed by atoms with Crippen LogP contribution in [0.1, 0.15) is 17.7 Å². The second-order valence-electron chi connectivity index (χ2n) is 3.40. The average molecular weight is 411 g/mol. The van der Waals surface area contributed by atoms with Crippen LogP contribution in [0.5, 0.6) is 5.75 Å². The zero-order valence-corrected chi connectivity index (χ0v) is 12.0. The van der Waals surface area contributed by atoms with Gasteiger partial charge in [-0.15, -0.1) is 13.2 Å². The van der Waals surface area contributed by atoms with E-state index in [1.54, 1.807) is 0 Å². The summed E-state index contributed by atoms with van der Waals surface area (Å²) in [5, 5.41) is 0. The summed E-state index contributed by atoms with van der Waals surface area (Å²) in [7, 11) is 1.05. The second kappa shape index (κ2) is 6.50. The van der Waals surface area contributed by atoms with Gasteiger partial charge in [0.05, 0.1) is 34.6 Å². The number of hydrogen-bond donors (Lipinski definition) is 0. The molecule has 1 heterocycles. The number of carbonyl (C=O) groups excluding carboxylic acids is 1. The third-order valence-electron chi connectivity index (χ3n) is 2.08. The lowest BCUT2D eigenvalue weighted by Crippen LogP contribution is -2.19. The first kappa shape index (κ1) is 16.9. The van der Waals surface area contributed by atoms with Gasteiger partial charge in [0.2, 0.25) is 0 Å². The first-order valence-corrected chi connectivity index (χ1v) is 6.01. The molecule has 0 N–H and O–H groups in total. The number of rotatable bonds is 4. The Morgan fingerprint density at radius 1 is 1.45 bits per heavy atom. The number of pyridine rings is 1. The van der Waals surface area contributed by atoms with Crippen molar-refractivity contribution in [3.8, 4) is 5.75 Å². The van der Waals surface area contributed by atoms with Gasteiger partial charge in [0.15, 0.2) is 5.75 Å². The minimum absolute atomic E-state index is 0.356. The van der Waals surface area contributed by atoms with E-state index >= 15 is 0 Å². The highest BCUT2D eigenvalue weighted by atomic mass is 127. The van der Waals surface area contributed by atoms with Gasteiger partial charge >= 0.3 is 12.3 Å². The molecule has 1 rings (SSSR count). The van der Waals surface area contributed by atoms with Crippen molar-refractivity contribution in [1.29, 1.82) is 0 Å². The first-order valence-electron chi connectivity index (χ1n) is 4.93. The summed E-state index contributed by atoms with van der Waals surface area (Å²) in [5.74, 6) is -1.68. The molecule has 0 aliphatic rings. The van der Waals surface area contributed by atoms with E-state index in [-0.39, 0.29) is 5.69 Å². The maximum Gasteiger partial charge on any atom is 0.573 e. The van der Waals surface area contributed by atoms with Gasteiger partial charge in [0.1, 0.15) is 0 Å². The van der Waals surface area contributed by atoms with E-state index in [9.17, 15) is 26.7 Å². The summed E-state index contributed by atoms with van der Waals surface area (Å²) in [6.07, 6.45) is -8.06. The molecule has 0 unspecified atom stereocenters. The minimum Gasteiger partial charge on any atom is -0.469 e. The molecule has 0 saturated heterocycles. The molecule has 0 aliphatic heterocycles. The topological polar surface area (TPSA) is 48.4 Å². The number of methoxy groups -OCH3 is 1. The van der Waals surface area contributed by atoms with Crippen molar-refractivity contribution in [2.45, 2.75) is 19.2 Å². The summed E-state index contributed by atoms with van der Waals surface area (Å²) < 4.78 is 69.6. The number of halogens is 6. The van der Waals surface area contributed by atoms with E-state index in [2.05, 4.69) is 14.5 Å². The standard InChI is InChI=1S/C10H7F5INO3/c1-19-6(18)2-4-7(9(11)12)8(16)5(3-17-4)20-10(13,14)15/h3,9H,2H2,1H3. The molecule has 0 saturated carbocycles. The Morgan fingerprint density at radius 2 is 2.05 bits per heavy atom. The molecule has 0 aromatic carbocycles. The average Bonchev–Trinajstić information content (AvgIpc) is 2.30. The molecule has 1 aromatic heterocycles. The van der Waals surface area contributed by atoms with Gasteiger partial charge in [-0.2, -0.15) is 0 Å². The molecule has 0 atom stereocenters. The van der Waals surface area contributed by atoms with Crippen molar-refractivity contribution in [2.24, 2.45) is 0 Å². The Bertz CT molecular complexity index is 506. The lowest BCUT2D eigenvalue weighted by atomic mass is 10.1. The molecule has 112 valence electrons. The van der Waals surface area contributed by atoms with E-state index in [1.165, 1.54) is 22.6 Å². The van der Waals surface area contributed by atoms with Crippen LogP contribution < -0.4 is 4.74 Å². The normalized spacial score (nSPS) is 11.6. The Balaban J connectivity index is 3.23. The highest BCUT2D eigenvalue weighted by Crippen LogP contribution is 2.35. The van der Waals surface area contributed by atoms with Crippen molar-refractivity contribution in [3.05, 3.63) is 21.0 Å². The van der Waals surface area contributed by atoms with Crippen LogP contribution in [0.3, 0.4) is 0 Å². The Kier molecular flexibility index (Phi) is 5.48. The van der Waals surface area contributed by atoms with Gasteiger partial charge in [-0.25, -0.2) is 8.78 Å². The lowest BCUT2D eigenvalue weighted by Gasteiger charge is -2.15. The number of carbonyl (C=O) groups is 1. The first-order chi connectivity index (χ1) is 9.15. The van der Waals surface area contributed by atoms with Gasteiger partial charge in [-0.1, -0.05) is 0 Å². The van der Waals surface area contributed by atoms with E-state index in [4.69, 9.17) is 0 Å². The van der Waals surface area contributed by atoms with Crippen LogP contribution in [0, 0.1) is 3.57 Å². The maximum atomic E-state index is 12.9. The van der Waals surface area contributed by atoms with E-state index in [0.717, 1.165) is 7.11 Å². The van der Waals surface area contributed by atoms with E-state index in [0.29, 0.717) is 6.20 Å². The quantitative estimate of drug-likeness (QED) is 0.434. The van der Waals surface area contributed by atoms with Crippen molar-refractivity contribution < 1.29 is 36.2 Å². The second-order valence-corrected chi connectivity index (χ2v) is 4.48. The summed E-state index contributed by atoms with van der Waals surface area (Å²) in [6.45, 7) is 0. The molecule has 0 radical (unpaired) electrons. The fraction of sp³-hybridized carbons (Fsp3) is 0.400. The molecular weight excluding hydrogens is 404 g/mol. The number of ether oxygens (including phenoxy) is 2. The maximum absolute atomic E-state index is 12.9. The molecule has 0 spiro atoms. The molecule has 0 bridgehead atoms. The largest absolute Gasteiger partial charge is 0.573 e. The SMILES string of the molecule is COC(=O)Cc1ncc(OC(F)(F)F)c(I)c1C(F)F. The predicted octanol–water partition coefficient (Wildman–Crippen LogP) is 3.24. The Labute approximate surface area is 123 Å². The highest BCUT2D eigenvalue weighted by molar-refractivity contribution is 14.1. The number of hydrogen-bond acceptors (Lipinski definition) is 4. The number of nitrogens with zero attached hydrogens (tertiary/aromatic N) is 1. The third-order valence-corrected chi connectivity index (χ3v) is 3.20.